The number of nitrogens with zero attached hydrogens (tertiary/aromatic N) is 1. The van der Waals surface area contributed by atoms with Crippen molar-refractivity contribution in [3.63, 3.8) is 0 Å². The minimum atomic E-state index is -2.75. The van der Waals surface area contributed by atoms with Gasteiger partial charge in [-0.25, -0.2) is 0 Å². The summed E-state index contributed by atoms with van der Waals surface area (Å²) in [5.41, 5.74) is 3.98. The summed E-state index contributed by atoms with van der Waals surface area (Å²) in [6, 6.07) is 17.4. The standard InChI is InChI=1S/C18H14F2N2O/c19-18(20)23-9-8-12-6-7-14-15(11-21)17(22-16(14)10-12)13-4-2-1-3-5-13/h1-7,10,18,22H,8-9H2. The van der Waals surface area contributed by atoms with Crippen LogP contribution in [0.25, 0.3) is 22.2 Å². The first-order chi connectivity index (χ1) is 11.2. The van der Waals surface area contributed by atoms with Crippen LogP contribution in [0.4, 0.5) is 8.78 Å². The minimum absolute atomic E-state index is 0.0411. The Morgan fingerprint density at radius 1 is 1.13 bits per heavy atom. The number of fused-ring (bicyclic) bond motifs is 1. The highest BCUT2D eigenvalue weighted by Crippen LogP contribution is 2.30. The second-order valence-corrected chi connectivity index (χ2v) is 5.11. The highest BCUT2D eigenvalue weighted by atomic mass is 19.3. The zero-order valence-corrected chi connectivity index (χ0v) is 12.2. The molecule has 0 radical (unpaired) electrons. The molecule has 1 N–H and O–H groups in total. The lowest BCUT2D eigenvalue weighted by Gasteiger charge is -2.03. The smallest absolute Gasteiger partial charge is 0.345 e. The molecule has 0 atom stereocenters. The van der Waals surface area contributed by atoms with Crippen LogP contribution in [0.1, 0.15) is 11.1 Å². The number of rotatable bonds is 5. The van der Waals surface area contributed by atoms with Gasteiger partial charge in [-0.1, -0.05) is 42.5 Å². The van der Waals surface area contributed by atoms with Crippen molar-refractivity contribution < 1.29 is 13.5 Å². The molecule has 0 spiro atoms. The van der Waals surface area contributed by atoms with Gasteiger partial charge < -0.3 is 9.72 Å². The summed E-state index contributed by atoms with van der Waals surface area (Å²) in [4.78, 5) is 3.26. The first kappa shape index (κ1) is 15.2. The SMILES string of the molecule is N#Cc1c(-c2ccccc2)[nH]c2cc(CCOC(F)F)ccc12. The zero-order chi connectivity index (χ0) is 16.2. The Bertz CT molecular complexity index is 851. The van der Waals surface area contributed by atoms with Gasteiger partial charge in [-0.15, -0.1) is 0 Å². The van der Waals surface area contributed by atoms with Gasteiger partial charge in [-0.2, -0.15) is 14.0 Å². The molecule has 5 heteroatoms. The number of H-pyrrole nitrogens is 1. The van der Waals surface area contributed by atoms with Crippen molar-refractivity contribution in [1.82, 2.24) is 4.98 Å². The molecule has 0 fully saturated rings. The van der Waals surface area contributed by atoms with E-state index in [1.54, 1.807) is 0 Å². The molecule has 2 aromatic carbocycles. The fourth-order valence-corrected chi connectivity index (χ4v) is 2.60. The average molecular weight is 312 g/mol. The summed E-state index contributed by atoms with van der Waals surface area (Å²) in [6.45, 7) is -2.79. The van der Waals surface area contributed by atoms with E-state index in [9.17, 15) is 14.0 Å². The average Bonchev–Trinajstić information content (AvgIpc) is 2.93. The Kier molecular flexibility index (Phi) is 4.35. The van der Waals surface area contributed by atoms with Crippen molar-refractivity contribution in [2.24, 2.45) is 0 Å². The largest absolute Gasteiger partial charge is 0.353 e. The first-order valence-electron chi connectivity index (χ1n) is 7.19. The Balaban J connectivity index is 1.96. The molecule has 23 heavy (non-hydrogen) atoms. The van der Waals surface area contributed by atoms with Gasteiger partial charge in [0.1, 0.15) is 6.07 Å². The fourth-order valence-electron chi connectivity index (χ4n) is 2.60. The summed E-state index contributed by atoms with van der Waals surface area (Å²) < 4.78 is 28.3. The molecule has 116 valence electrons. The Labute approximate surface area is 132 Å². The molecule has 3 aromatic rings. The molecule has 0 unspecified atom stereocenters. The number of nitriles is 1. The molecular weight excluding hydrogens is 298 g/mol. The summed E-state index contributed by atoms with van der Waals surface area (Å²) in [6.07, 6.45) is 0.391. The molecule has 1 heterocycles. The molecule has 0 amide bonds. The number of hydrogen-bond donors (Lipinski definition) is 1. The maximum absolute atomic E-state index is 12.0. The van der Waals surface area contributed by atoms with Crippen LogP contribution < -0.4 is 0 Å². The molecule has 1 aromatic heterocycles. The quantitative estimate of drug-likeness (QED) is 0.754. The Morgan fingerprint density at radius 3 is 2.61 bits per heavy atom. The van der Waals surface area contributed by atoms with E-state index in [4.69, 9.17) is 0 Å². The van der Waals surface area contributed by atoms with Gasteiger partial charge in [0.25, 0.3) is 0 Å². The van der Waals surface area contributed by atoms with E-state index < -0.39 is 6.61 Å². The second-order valence-electron chi connectivity index (χ2n) is 5.11. The lowest BCUT2D eigenvalue weighted by Crippen LogP contribution is -2.03. The van der Waals surface area contributed by atoms with E-state index in [2.05, 4.69) is 15.8 Å². The predicted octanol–water partition coefficient (Wildman–Crippen LogP) is 4.49. The van der Waals surface area contributed by atoms with Crippen molar-refractivity contribution in [3.8, 4) is 17.3 Å². The Hall–Kier alpha value is -2.71. The van der Waals surface area contributed by atoms with Crippen LogP contribution >= 0.6 is 0 Å². The second kappa shape index (κ2) is 6.59. The normalized spacial score (nSPS) is 11.0. The molecule has 0 aliphatic carbocycles. The van der Waals surface area contributed by atoms with Crippen LogP contribution in [0.5, 0.6) is 0 Å². The predicted molar refractivity (Wildman–Crippen MR) is 84.1 cm³/mol. The lowest BCUT2D eigenvalue weighted by molar-refractivity contribution is -0.127. The van der Waals surface area contributed by atoms with Crippen molar-refractivity contribution >= 4 is 10.9 Å². The van der Waals surface area contributed by atoms with Gasteiger partial charge >= 0.3 is 6.61 Å². The van der Waals surface area contributed by atoms with Crippen LogP contribution in [0.2, 0.25) is 0 Å². The summed E-state index contributed by atoms with van der Waals surface area (Å²) >= 11 is 0. The third-order valence-corrected chi connectivity index (χ3v) is 3.67. The molecule has 0 aliphatic rings. The number of aromatic nitrogens is 1. The third-order valence-electron chi connectivity index (χ3n) is 3.67. The number of aromatic amines is 1. The maximum atomic E-state index is 12.0. The summed E-state index contributed by atoms with van der Waals surface area (Å²) in [7, 11) is 0. The highest BCUT2D eigenvalue weighted by molar-refractivity contribution is 5.93. The molecule has 3 nitrogen and oxygen atoms in total. The van der Waals surface area contributed by atoms with Crippen molar-refractivity contribution in [2.45, 2.75) is 13.0 Å². The van der Waals surface area contributed by atoms with Crippen LogP contribution in [0.15, 0.2) is 48.5 Å². The summed E-state index contributed by atoms with van der Waals surface area (Å²) in [5, 5.41) is 10.3. The Morgan fingerprint density at radius 2 is 1.91 bits per heavy atom. The minimum Gasteiger partial charge on any atom is -0.353 e. The van der Waals surface area contributed by atoms with Crippen LogP contribution in [0, 0.1) is 11.3 Å². The van der Waals surface area contributed by atoms with E-state index in [0.29, 0.717) is 12.0 Å². The number of benzene rings is 2. The van der Waals surface area contributed by atoms with Gasteiger partial charge in [0.15, 0.2) is 0 Å². The van der Waals surface area contributed by atoms with Gasteiger partial charge in [-0.05, 0) is 23.6 Å². The van der Waals surface area contributed by atoms with E-state index in [1.807, 2.05) is 48.5 Å². The number of halogens is 2. The van der Waals surface area contributed by atoms with Crippen LogP contribution in [-0.4, -0.2) is 18.2 Å². The van der Waals surface area contributed by atoms with E-state index in [0.717, 1.165) is 27.7 Å². The number of hydrogen-bond acceptors (Lipinski definition) is 2. The third kappa shape index (κ3) is 3.22. The fraction of sp³-hybridized carbons (Fsp3) is 0.167. The topological polar surface area (TPSA) is 48.8 Å². The van der Waals surface area contributed by atoms with E-state index in [-0.39, 0.29) is 6.61 Å². The summed E-state index contributed by atoms with van der Waals surface area (Å²) in [5.74, 6) is 0. The number of nitrogens with one attached hydrogen (secondary N) is 1. The molecule has 0 saturated heterocycles. The molecule has 0 bridgehead atoms. The molecule has 0 aliphatic heterocycles. The van der Waals surface area contributed by atoms with Crippen molar-refractivity contribution in [1.29, 1.82) is 5.26 Å². The monoisotopic (exact) mass is 312 g/mol. The van der Waals surface area contributed by atoms with Gasteiger partial charge in [0.05, 0.1) is 17.9 Å². The molecule has 3 rings (SSSR count). The number of ether oxygens (including phenoxy) is 1. The molecular formula is C18H14F2N2O. The number of alkyl halides is 2. The van der Waals surface area contributed by atoms with E-state index >= 15 is 0 Å². The lowest BCUT2D eigenvalue weighted by atomic mass is 10.0. The van der Waals surface area contributed by atoms with Crippen LogP contribution in [-0.2, 0) is 11.2 Å². The van der Waals surface area contributed by atoms with Gasteiger partial charge in [0, 0.05) is 10.9 Å². The maximum Gasteiger partial charge on any atom is 0.345 e. The van der Waals surface area contributed by atoms with Crippen LogP contribution in [0.3, 0.4) is 0 Å². The van der Waals surface area contributed by atoms with Gasteiger partial charge in [0.2, 0.25) is 0 Å². The molecule has 0 saturated carbocycles. The van der Waals surface area contributed by atoms with Gasteiger partial charge in [-0.3, -0.25) is 0 Å². The van der Waals surface area contributed by atoms with E-state index in [1.165, 1.54) is 0 Å². The first-order valence-corrected chi connectivity index (χ1v) is 7.19. The van der Waals surface area contributed by atoms with Crippen molar-refractivity contribution in [3.05, 3.63) is 59.7 Å². The van der Waals surface area contributed by atoms with Crippen molar-refractivity contribution in [2.75, 3.05) is 6.61 Å². The highest BCUT2D eigenvalue weighted by Gasteiger charge is 2.13. The zero-order valence-electron chi connectivity index (χ0n) is 12.2.